The topological polar surface area (TPSA) is 81.2 Å². The number of para-hydroxylation sites is 2. The molecule has 1 aliphatic rings. The zero-order valence-electron chi connectivity index (χ0n) is 21.3. The zero-order chi connectivity index (χ0) is 25.9. The molecule has 1 saturated heterocycles. The molecule has 0 bridgehead atoms. The second-order valence-corrected chi connectivity index (χ2v) is 9.29. The van der Waals surface area contributed by atoms with Crippen LogP contribution in [-0.2, 0) is 0 Å². The molecule has 3 aromatic carbocycles. The van der Waals surface area contributed by atoms with Crippen molar-refractivity contribution in [3.05, 3.63) is 90.5 Å². The molecular formula is C31H28N6O. The van der Waals surface area contributed by atoms with Crippen LogP contribution in [0, 0.1) is 11.3 Å². The maximum atomic E-state index is 10.3. The number of nitrogens with one attached hydrogen (secondary N) is 1. The van der Waals surface area contributed by atoms with Crippen molar-refractivity contribution >= 4 is 28.6 Å². The van der Waals surface area contributed by atoms with Crippen LogP contribution in [-0.4, -0.2) is 47.6 Å². The van der Waals surface area contributed by atoms with Gasteiger partial charge in [0.25, 0.3) is 0 Å². The van der Waals surface area contributed by atoms with E-state index in [2.05, 4.69) is 28.1 Å². The van der Waals surface area contributed by atoms with Gasteiger partial charge in [0.15, 0.2) is 11.6 Å². The Morgan fingerprint density at radius 2 is 1.42 bits per heavy atom. The Balaban J connectivity index is 1.49. The molecule has 5 aromatic rings. The quantitative estimate of drug-likeness (QED) is 0.292. The zero-order valence-corrected chi connectivity index (χ0v) is 21.3. The highest BCUT2D eigenvalue weighted by molar-refractivity contribution is 5.90. The maximum Gasteiger partial charge on any atom is 0.217 e. The number of furan rings is 1. The van der Waals surface area contributed by atoms with Crippen molar-refractivity contribution in [2.24, 2.45) is 0 Å². The van der Waals surface area contributed by atoms with Gasteiger partial charge in [-0.3, -0.25) is 0 Å². The third kappa shape index (κ3) is 4.47. The molecule has 1 N–H and O–H groups in total. The second-order valence-electron chi connectivity index (χ2n) is 9.29. The Morgan fingerprint density at radius 3 is 2.05 bits per heavy atom. The molecule has 1 fully saturated rings. The fourth-order valence-electron chi connectivity index (χ4n) is 4.98. The molecule has 2 aromatic heterocycles. The average molecular weight is 501 g/mol. The number of nitrogens with zero attached hydrogens (tertiary/aromatic N) is 5. The van der Waals surface area contributed by atoms with Crippen LogP contribution < -0.4 is 10.2 Å². The van der Waals surface area contributed by atoms with Gasteiger partial charge in [-0.05, 0) is 24.2 Å². The van der Waals surface area contributed by atoms with Gasteiger partial charge in [-0.25, -0.2) is 9.97 Å². The van der Waals surface area contributed by atoms with Crippen molar-refractivity contribution in [1.82, 2.24) is 14.9 Å². The van der Waals surface area contributed by atoms with Gasteiger partial charge in [-0.15, -0.1) is 0 Å². The lowest BCUT2D eigenvalue weighted by atomic mass is 9.98. The van der Waals surface area contributed by atoms with Crippen LogP contribution in [0.3, 0.4) is 0 Å². The summed E-state index contributed by atoms with van der Waals surface area (Å²) in [5, 5.41) is 13.7. The van der Waals surface area contributed by atoms with E-state index in [1.165, 1.54) is 0 Å². The molecular weight excluding hydrogens is 472 g/mol. The Morgan fingerprint density at radius 1 is 0.816 bits per heavy atom. The molecule has 0 radical (unpaired) electrons. The number of anilines is 3. The molecule has 38 heavy (non-hydrogen) atoms. The van der Waals surface area contributed by atoms with E-state index in [1.54, 1.807) is 0 Å². The second kappa shape index (κ2) is 10.4. The minimum atomic E-state index is 0.364. The molecule has 3 heterocycles. The Bertz CT molecular complexity index is 1600. The van der Waals surface area contributed by atoms with Gasteiger partial charge < -0.3 is 19.5 Å². The summed E-state index contributed by atoms with van der Waals surface area (Å²) in [7, 11) is 0. The SMILES string of the molecule is CCN1CCN(c2nc3ccccc3nc2Nc2oc(-c3ccccc3)c(-c3ccccc3)c2C#N)CC1. The van der Waals surface area contributed by atoms with Crippen LogP contribution in [0.25, 0.3) is 33.5 Å². The van der Waals surface area contributed by atoms with Gasteiger partial charge in [0.05, 0.1) is 11.0 Å². The first kappa shape index (κ1) is 23.7. The standard InChI is InChI=1S/C31H28N6O/c1-2-36-17-19-37(20-18-36)30-29(33-25-15-9-10-16-26(25)34-30)35-31-24(21-32)27(22-11-5-3-6-12-22)28(38-31)23-13-7-4-8-14-23/h3-16H,2,17-20H2,1H3,(H,33,35). The van der Waals surface area contributed by atoms with Gasteiger partial charge in [-0.2, -0.15) is 5.26 Å². The van der Waals surface area contributed by atoms with Gasteiger partial charge in [0.2, 0.25) is 5.88 Å². The van der Waals surface area contributed by atoms with Crippen LogP contribution in [0.5, 0.6) is 0 Å². The number of rotatable bonds is 6. The van der Waals surface area contributed by atoms with Gasteiger partial charge in [0.1, 0.15) is 17.4 Å². The third-order valence-corrected chi connectivity index (χ3v) is 7.02. The first-order valence-corrected chi connectivity index (χ1v) is 12.9. The van der Waals surface area contributed by atoms with E-state index in [0.717, 1.165) is 66.3 Å². The normalized spacial score (nSPS) is 13.9. The number of benzene rings is 3. The van der Waals surface area contributed by atoms with E-state index >= 15 is 0 Å². The highest BCUT2D eigenvalue weighted by atomic mass is 16.4. The van der Waals surface area contributed by atoms with E-state index in [-0.39, 0.29) is 0 Å². The molecule has 7 heteroatoms. The van der Waals surface area contributed by atoms with Gasteiger partial charge in [0, 0.05) is 37.3 Å². The molecule has 0 amide bonds. The minimum absolute atomic E-state index is 0.364. The molecule has 6 rings (SSSR count). The van der Waals surface area contributed by atoms with Gasteiger partial charge in [-0.1, -0.05) is 79.7 Å². The molecule has 0 unspecified atom stereocenters. The molecule has 188 valence electrons. The summed E-state index contributed by atoms with van der Waals surface area (Å²) in [4.78, 5) is 14.6. The summed E-state index contributed by atoms with van der Waals surface area (Å²) >= 11 is 0. The monoisotopic (exact) mass is 500 g/mol. The highest BCUT2D eigenvalue weighted by Crippen LogP contribution is 2.43. The summed E-state index contributed by atoms with van der Waals surface area (Å²) in [6.45, 7) is 6.85. The van der Waals surface area contributed by atoms with Crippen molar-refractivity contribution in [3.8, 4) is 28.5 Å². The summed E-state index contributed by atoms with van der Waals surface area (Å²) in [5.41, 5.74) is 4.63. The first-order valence-electron chi connectivity index (χ1n) is 12.9. The number of piperazine rings is 1. The molecule has 1 aliphatic heterocycles. The molecule has 0 atom stereocenters. The number of hydrogen-bond acceptors (Lipinski definition) is 7. The van der Waals surface area contributed by atoms with Crippen molar-refractivity contribution in [1.29, 1.82) is 5.26 Å². The Labute approximate surface area is 222 Å². The molecule has 0 saturated carbocycles. The van der Waals surface area contributed by atoms with E-state index in [0.29, 0.717) is 23.0 Å². The summed E-state index contributed by atoms with van der Waals surface area (Å²) in [5.74, 6) is 2.35. The van der Waals surface area contributed by atoms with Crippen molar-refractivity contribution in [3.63, 3.8) is 0 Å². The van der Waals surface area contributed by atoms with Crippen molar-refractivity contribution in [2.45, 2.75) is 6.92 Å². The Hall–Kier alpha value is -4.67. The summed E-state index contributed by atoms with van der Waals surface area (Å²) in [6, 6.07) is 30.0. The van der Waals surface area contributed by atoms with Crippen LogP contribution in [0.2, 0.25) is 0 Å². The molecule has 7 nitrogen and oxygen atoms in total. The third-order valence-electron chi connectivity index (χ3n) is 7.02. The van der Waals surface area contributed by atoms with Crippen LogP contribution >= 0.6 is 0 Å². The first-order chi connectivity index (χ1) is 18.7. The van der Waals surface area contributed by atoms with Crippen LogP contribution in [0.1, 0.15) is 12.5 Å². The molecule has 0 spiro atoms. The van der Waals surface area contributed by atoms with E-state index in [1.807, 2.05) is 84.9 Å². The number of fused-ring (bicyclic) bond motifs is 1. The fourth-order valence-corrected chi connectivity index (χ4v) is 4.98. The highest BCUT2D eigenvalue weighted by Gasteiger charge is 2.26. The predicted octanol–water partition coefficient (Wildman–Crippen LogP) is 6.31. The van der Waals surface area contributed by atoms with Crippen LogP contribution in [0.15, 0.2) is 89.3 Å². The lowest BCUT2D eigenvalue weighted by molar-refractivity contribution is 0.270. The molecule has 0 aliphatic carbocycles. The number of hydrogen-bond donors (Lipinski definition) is 1. The fraction of sp³-hybridized carbons (Fsp3) is 0.194. The maximum absolute atomic E-state index is 10.3. The predicted molar refractivity (Wildman–Crippen MR) is 151 cm³/mol. The number of nitriles is 1. The lowest BCUT2D eigenvalue weighted by Crippen LogP contribution is -2.46. The Kier molecular flexibility index (Phi) is 6.47. The summed E-state index contributed by atoms with van der Waals surface area (Å²) < 4.78 is 6.44. The van der Waals surface area contributed by atoms with Crippen molar-refractivity contribution < 1.29 is 4.42 Å². The smallest absolute Gasteiger partial charge is 0.217 e. The number of likely N-dealkylation sites (N-methyl/N-ethyl adjacent to an activating group) is 1. The van der Waals surface area contributed by atoms with E-state index in [9.17, 15) is 5.26 Å². The lowest BCUT2D eigenvalue weighted by Gasteiger charge is -2.35. The van der Waals surface area contributed by atoms with Gasteiger partial charge >= 0.3 is 0 Å². The van der Waals surface area contributed by atoms with Crippen molar-refractivity contribution in [2.75, 3.05) is 42.9 Å². The van der Waals surface area contributed by atoms with Crippen LogP contribution in [0.4, 0.5) is 17.5 Å². The summed E-state index contributed by atoms with van der Waals surface area (Å²) in [6.07, 6.45) is 0. The largest absolute Gasteiger partial charge is 0.438 e. The average Bonchev–Trinajstić information content (AvgIpc) is 3.36. The van der Waals surface area contributed by atoms with E-state index < -0.39 is 0 Å². The minimum Gasteiger partial charge on any atom is -0.438 e. The van der Waals surface area contributed by atoms with E-state index in [4.69, 9.17) is 14.4 Å². The number of aromatic nitrogens is 2.